The van der Waals surface area contributed by atoms with E-state index >= 15 is 0 Å². The quantitative estimate of drug-likeness (QED) is 0.891. The summed E-state index contributed by atoms with van der Waals surface area (Å²) in [7, 11) is -1.92. The van der Waals surface area contributed by atoms with Gasteiger partial charge in [0.15, 0.2) is 10.0 Å². The molecule has 0 fully saturated rings. The minimum Gasteiger partial charge on any atom is -0.380 e. The van der Waals surface area contributed by atoms with E-state index in [1.807, 2.05) is 18.2 Å². The summed E-state index contributed by atoms with van der Waals surface area (Å²) in [5.41, 5.74) is 6.21. The van der Waals surface area contributed by atoms with E-state index in [4.69, 9.17) is 0 Å². The average Bonchev–Trinajstić information content (AvgIpc) is 2.67. The largest absolute Gasteiger partial charge is 0.380 e. The van der Waals surface area contributed by atoms with E-state index in [0.29, 0.717) is 12.4 Å². The average molecular weight is 294 g/mol. The van der Waals surface area contributed by atoms with Crippen molar-refractivity contribution < 1.29 is 14.2 Å². The second-order valence-electron chi connectivity index (χ2n) is 4.60. The smallest absolute Gasteiger partial charge is 0.177 e. The van der Waals surface area contributed by atoms with Crippen molar-refractivity contribution in [3.8, 4) is 0 Å². The molecule has 0 spiro atoms. The summed E-state index contributed by atoms with van der Waals surface area (Å²) < 4.78 is 29.6. The third kappa shape index (κ3) is 3.37. The van der Waals surface area contributed by atoms with Crippen LogP contribution in [0.15, 0.2) is 30.3 Å². The van der Waals surface area contributed by atoms with Crippen LogP contribution >= 0.6 is 0 Å². The molecule has 0 unspecified atom stereocenters. The van der Waals surface area contributed by atoms with Gasteiger partial charge in [0.1, 0.15) is 0 Å². The molecule has 1 heterocycles. The Bertz CT molecular complexity index is 707. The monoisotopic (exact) mass is 294 g/mol. The van der Waals surface area contributed by atoms with Crippen LogP contribution in [0.25, 0.3) is 4.72 Å². The van der Waals surface area contributed by atoms with Crippen molar-refractivity contribution in [1.29, 1.82) is 0 Å². The number of rotatable bonds is 5. The lowest BCUT2D eigenvalue weighted by Gasteiger charge is -2.16. The number of hydrogen-bond donors (Lipinski definition) is 1. The lowest BCUT2D eigenvalue weighted by molar-refractivity contribution is -0.386. The van der Waals surface area contributed by atoms with Crippen LogP contribution in [0.2, 0.25) is 0 Å². The Labute approximate surface area is 118 Å². The lowest BCUT2D eigenvalue weighted by Crippen LogP contribution is -2.47. The van der Waals surface area contributed by atoms with Crippen molar-refractivity contribution in [1.82, 2.24) is 9.78 Å². The molecule has 0 aliphatic carbocycles. The first-order valence-electron chi connectivity index (χ1n) is 6.23. The second kappa shape index (κ2) is 5.64. The van der Waals surface area contributed by atoms with Crippen LogP contribution in [0.3, 0.4) is 0 Å². The number of benzene rings is 1. The maximum Gasteiger partial charge on any atom is 0.177 e. The van der Waals surface area contributed by atoms with Gasteiger partial charge in [-0.3, -0.25) is 5.10 Å². The number of quaternary nitrogens is 1. The molecule has 2 rings (SSSR count). The number of sulfonamides is 1. The highest BCUT2D eigenvalue weighted by molar-refractivity contribution is 7.93. The van der Waals surface area contributed by atoms with Crippen LogP contribution in [-0.4, -0.2) is 18.2 Å². The summed E-state index contributed by atoms with van der Waals surface area (Å²) in [6, 6.07) is 9.01. The van der Waals surface area contributed by atoms with Gasteiger partial charge in [0.05, 0.1) is 12.3 Å². The fourth-order valence-corrected chi connectivity index (χ4v) is 3.19. The van der Waals surface area contributed by atoms with E-state index in [9.17, 15) is 8.42 Å². The van der Waals surface area contributed by atoms with Gasteiger partial charge in [0, 0.05) is 11.3 Å². The zero-order chi connectivity index (χ0) is 14.8. The highest BCUT2D eigenvalue weighted by Gasteiger charge is 2.11. The van der Waals surface area contributed by atoms with Gasteiger partial charge in [-0.2, -0.15) is 0 Å². The first-order chi connectivity index (χ1) is 9.41. The van der Waals surface area contributed by atoms with Crippen molar-refractivity contribution in [2.75, 3.05) is 0 Å². The number of hydrogen-bond acceptors (Lipinski definition) is 3. The second-order valence-corrected chi connectivity index (χ2v) is 6.24. The summed E-state index contributed by atoms with van der Waals surface area (Å²) >= 11 is 0. The van der Waals surface area contributed by atoms with E-state index in [-0.39, 0.29) is 5.75 Å². The lowest BCUT2D eigenvalue weighted by atomic mass is 10.1. The molecular weight excluding hydrogens is 276 g/mol. The van der Waals surface area contributed by atoms with Gasteiger partial charge in [-0.15, -0.1) is 0 Å². The van der Waals surface area contributed by atoms with Crippen LogP contribution in [0.4, 0.5) is 5.82 Å². The Kier molecular flexibility index (Phi) is 4.10. The zero-order valence-electron chi connectivity index (χ0n) is 11.6. The minimum absolute atomic E-state index is 0.122. The fraction of sp³-hybridized carbons (Fsp3) is 0.308. The van der Waals surface area contributed by atoms with Crippen molar-refractivity contribution in [3.05, 3.63) is 51.9 Å². The van der Waals surface area contributed by atoms with Crippen molar-refractivity contribution in [2.24, 2.45) is 7.05 Å². The normalized spacial score (nSPS) is 11.6. The molecule has 0 saturated carbocycles. The molecule has 108 valence electrons. The van der Waals surface area contributed by atoms with Crippen molar-refractivity contribution in [3.63, 3.8) is 0 Å². The molecule has 6 nitrogen and oxygen atoms in total. The highest BCUT2D eigenvalue weighted by atomic mass is 32.2. The van der Waals surface area contributed by atoms with Gasteiger partial charge in [-0.1, -0.05) is 24.3 Å². The molecule has 0 atom stereocenters. The Morgan fingerprint density at radius 1 is 1.30 bits per heavy atom. The van der Waals surface area contributed by atoms with E-state index in [1.54, 1.807) is 26.1 Å². The van der Waals surface area contributed by atoms with Crippen LogP contribution in [0.1, 0.15) is 16.8 Å². The maximum atomic E-state index is 12.2. The Balaban J connectivity index is 2.21. The molecule has 2 aromatic rings. The van der Waals surface area contributed by atoms with E-state index in [0.717, 1.165) is 16.8 Å². The number of nitrogens with zero attached hydrogens (tertiary/aromatic N) is 3. The first-order valence-corrected chi connectivity index (χ1v) is 7.84. The SMILES string of the molecule is Cc1cc([N-]S(=O)(=O)Cc2ccccc2C[NH3+])n(C)n1. The summed E-state index contributed by atoms with van der Waals surface area (Å²) in [5.74, 6) is 0.220. The van der Waals surface area contributed by atoms with Gasteiger partial charge < -0.3 is 15.1 Å². The molecule has 20 heavy (non-hydrogen) atoms. The summed E-state index contributed by atoms with van der Waals surface area (Å²) in [5, 5.41) is 4.08. The molecule has 7 heteroatoms. The van der Waals surface area contributed by atoms with Gasteiger partial charge in [0.25, 0.3) is 0 Å². The third-order valence-corrected chi connectivity index (χ3v) is 4.08. The van der Waals surface area contributed by atoms with Crippen molar-refractivity contribution >= 4 is 15.8 Å². The predicted octanol–water partition coefficient (Wildman–Crippen LogP) is 1.01. The predicted molar refractivity (Wildman–Crippen MR) is 76.6 cm³/mol. The molecule has 0 bridgehead atoms. The summed E-state index contributed by atoms with van der Waals surface area (Å²) in [6.45, 7) is 2.35. The number of aromatic nitrogens is 2. The topological polar surface area (TPSA) is 93.7 Å². The zero-order valence-corrected chi connectivity index (χ0v) is 12.4. The molecule has 0 aliphatic heterocycles. The van der Waals surface area contributed by atoms with E-state index in [2.05, 4.69) is 15.6 Å². The van der Waals surface area contributed by atoms with Crippen molar-refractivity contribution in [2.45, 2.75) is 19.2 Å². The van der Waals surface area contributed by atoms with Gasteiger partial charge >= 0.3 is 0 Å². The number of aryl methyl sites for hydroxylation is 2. The van der Waals surface area contributed by atoms with Crippen LogP contribution in [0, 0.1) is 6.92 Å². The van der Waals surface area contributed by atoms with Crippen LogP contribution in [-0.2, 0) is 29.4 Å². The standard InChI is InChI=1S/C13H17N4O2S/c1-10-7-13(17(2)15-10)16-20(18,19)9-12-6-4-3-5-11(12)8-14/h3-7H,8-9,14H2,1-2H3/q-1/p+1. The molecule has 1 aromatic heterocycles. The van der Waals surface area contributed by atoms with Gasteiger partial charge in [0.2, 0.25) is 0 Å². The molecule has 3 N–H and O–H groups in total. The molecule has 0 aliphatic rings. The first kappa shape index (κ1) is 14.5. The maximum absolute atomic E-state index is 12.2. The van der Waals surface area contributed by atoms with E-state index < -0.39 is 10.0 Å². The molecule has 0 saturated heterocycles. The van der Waals surface area contributed by atoms with Crippen LogP contribution in [0.5, 0.6) is 0 Å². The Morgan fingerprint density at radius 3 is 2.50 bits per heavy atom. The van der Waals surface area contributed by atoms with E-state index in [1.165, 1.54) is 4.68 Å². The molecule has 0 radical (unpaired) electrons. The Morgan fingerprint density at radius 2 is 1.95 bits per heavy atom. The minimum atomic E-state index is -3.59. The van der Waals surface area contributed by atoms with Gasteiger partial charge in [-0.25, -0.2) is 8.42 Å². The fourth-order valence-electron chi connectivity index (χ4n) is 2.00. The molecular formula is C13H18N4O2S. The van der Waals surface area contributed by atoms with Crippen LogP contribution < -0.4 is 5.73 Å². The Hall–Kier alpha value is -1.86. The van der Waals surface area contributed by atoms with Gasteiger partial charge in [-0.05, 0) is 31.4 Å². The molecule has 0 amide bonds. The third-order valence-electron chi connectivity index (χ3n) is 2.94. The summed E-state index contributed by atoms with van der Waals surface area (Å²) in [6.07, 6.45) is 0. The molecule has 1 aromatic carbocycles. The highest BCUT2D eigenvalue weighted by Crippen LogP contribution is 2.25. The summed E-state index contributed by atoms with van der Waals surface area (Å²) in [4.78, 5) is 0.